The van der Waals surface area contributed by atoms with Crippen molar-refractivity contribution in [2.24, 2.45) is 0 Å². The van der Waals surface area contributed by atoms with Crippen LogP contribution in [0.3, 0.4) is 0 Å². The Labute approximate surface area is 109 Å². The monoisotopic (exact) mass is 256 g/mol. The zero-order valence-corrected chi connectivity index (χ0v) is 12.1. The third-order valence-corrected chi connectivity index (χ3v) is 3.12. The van der Waals surface area contributed by atoms with E-state index in [-0.39, 0.29) is 0 Å². The molecule has 0 aliphatic carbocycles. The van der Waals surface area contributed by atoms with E-state index in [1.54, 1.807) is 0 Å². The molecule has 0 atom stereocenters. The highest BCUT2D eigenvalue weighted by molar-refractivity contribution is 7.98. The highest BCUT2D eigenvalue weighted by Gasteiger charge is 2.05. The average molecular weight is 256 g/mol. The minimum atomic E-state index is 0.512. The molecule has 4 heteroatoms. The van der Waals surface area contributed by atoms with Crippen molar-refractivity contribution in [1.82, 2.24) is 10.2 Å². The van der Waals surface area contributed by atoms with Gasteiger partial charge in [0.2, 0.25) is 0 Å². The maximum atomic E-state index is 5.56. The van der Waals surface area contributed by atoms with E-state index in [0.717, 1.165) is 25.4 Å². The van der Waals surface area contributed by atoms with Gasteiger partial charge in [0.05, 0.1) is 12.8 Å². The summed E-state index contributed by atoms with van der Waals surface area (Å²) < 4.78 is 5.56. The maximum absolute atomic E-state index is 5.56. The topological polar surface area (TPSA) is 28.4 Å². The minimum Gasteiger partial charge on any atom is -0.468 e. The van der Waals surface area contributed by atoms with Gasteiger partial charge in [0, 0.05) is 30.4 Å². The fraction of sp³-hybridized carbons (Fsp3) is 0.692. The molecule has 3 nitrogen and oxygen atoms in total. The van der Waals surface area contributed by atoms with E-state index >= 15 is 0 Å². The van der Waals surface area contributed by atoms with Crippen molar-refractivity contribution in [2.75, 3.05) is 25.6 Å². The van der Waals surface area contributed by atoms with Gasteiger partial charge in [0.1, 0.15) is 5.76 Å². The Balaban J connectivity index is 2.34. The zero-order valence-electron chi connectivity index (χ0n) is 11.3. The van der Waals surface area contributed by atoms with Crippen molar-refractivity contribution >= 4 is 11.8 Å². The summed E-state index contributed by atoms with van der Waals surface area (Å²) in [5.74, 6) is 2.22. The fourth-order valence-electron chi connectivity index (χ4n) is 1.52. The minimum absolute atomic E-state index is 0.512. The van der Waals surface area contributed by atoms with Crippen LogP contribution in [0.15, 0.2) is 16.7 Å². The van der Waals surface area contributed by atoms with Crippen LogP contribution in [0, 0.1) is 0 Å². The molecule has 0 aliphatic rings. The molecule has 0 saturated heterocycles. The van der Waals surface area contributed by atoms with E-state index in [0.29, 0.717) is 6.04 Å². The molecule has 0 fully saturated rings. The largest absolute Gasteiger partial charge is 0.468 e. The standard InChI is InChI=1S/C13H24N2OS/c1-11(2)14-8-12-7-13(16-10-12)9-15(3)5-6-17-4/h7,10-11,14H,5-6,8-9H2,1-4H3. The van der Waals surface area contributed by atoms with Gasteiger partial charge in [0.25, 0.3) is 0 Å². The van der Waals surface area contributed by atoms with Gasteiger partial charge < -0.3 is 9.73 Å². The van der Waals surface area contributed by atoms with Crippen LogP contribution in [-0.2, 0) is 13.1 Å². The van der Waals surface area contributed by atoms with Gasteiger partial charge in [-0.15, -0.1) is 0 Å². The van der Waals surface area contributed by atoms with E-state index in [4.69, 9.17) is 4.42 Å². The molecule has 1 N–H and O–H groups in total. The first-order chi connectivity index (χ1) is 8.11. The van der Waals surface area contributed by atoms with Crippen LogP contribution in [0.5, 0.6) is 0 Å². The molecule has 1 aromatic rings. The van der Waals surface area contributed by atoms with Crippen LogP contribution in [0.2, 0.25) is 0 Å². The molecule has 0 bridgehead atoms. The van der Waals surface area contributed by atoms with Crippen molar-refractivity contribution in [3.05, 3.63) is 23.7 Å². The summed E-state index contributed by atoms with van der Waals surface area (Å²) in [5.41, 5.74) is 1.23. The number of hydrogen-bond donors (Lipinski definition) is 1. The van der Waals surface area contributed by atoms with E-state index in [2.05, 4.69) is 43.4 Å². The number of nitrogens with one attached hydrogen (secondary N) is 1. The number of furan rings is 1. The van der Waals surface area contributed by atoms with Crippen LogP contribution in [0.1, 0.15) is 25.2 Å². The molecular weight excluding hydrogens is 232 g/mol. The maximum Gasteiger partial charge on any atom is 0.118 e. The van der Waals surface area contributed by atoms with E-state index in [1.807, 2.05) is 18.0 Å². The fourth-order valence-corrected chi connectivity index (χ4v) is 2.01. The second-order valence-electron chi connectivity index (χ2n) is 4.69. The Morgan fingerprint density at radius 2 is 2.24 bits per heavy atom. The quantitative estimate of drug-likeness (QED) is 0.774. The van der Waals surface area contributed by atoms with E-state index < -0.39 is 0 Å². The van der Waals surface area contributed by atoms with Crippen molar-refractivity contribution in [3.8, 4) is 0 Å². The molecular formula is C13H24N2OS. The Morgan fingerprint density at radius 1 is 1.47 bits per heavy atom. The lowest BCUT2D eigenvalue weighted by Crippen LogP contribution is -2.21. The van der Waals surface area contributed by atoms with E-state index in [1.165, 1.54) is 11.3 Å². The summed E-state index contributed by atoms with van der Waals surface area (Å²) in [7, 11) is 2.13. The Morgan fingerprint density at radius 3 is 2.88 bits per heavy atom. The summed E-state index contributed by atoms with van der Waals surface area (Å²) in [6.45, 7) is 7.17. The van der Waals surface area contributed by atoms with Crippen LogP contribution in [0.4, 0.5) is 0 Å². The van der Waals surface area contributed by atoms with Crippen LogP contribution >= 0.6 is 11.8 Å². The third-order valence-electron chi connectivity index (χ3n) is 2.53. The Kier molecular flexibility index (Phi) is 6.70. The molecule has 0 spiro atoms. The van der Waals surface area contributed by atoms with Gasteiger partial charge in [0.15, 0.2) is 0 Å². The predicted octanol–water partition coefficient (Wildman–Crippen LogP) is 2.57. The van der Waals surface area contributed by atoms with Crippen LogP contribution in [0.25, 0.3) is 0 Å². The molecule has 0 aromatic carbocycles. The first kappa shape index (κ1) is 14.6. The summed E-state index contributed by atoms with van der Waals surface area (Å²) in [5, 5.41) is 3.39. The summed E-state index contributed by atoms with van der Waals surface area (Å²) in [4.78, 5) is 2.29. The van der Waals surface area contributed by atoms with Crippen molar-refractivity contribution in [3.63, 3.8) is 0 Å². The normalized spacial score (nSPS) is 11.6. The van der Waals surface area contributed by atoms with Gasteiger partial charge in [-0.2, -0.15) is 11.8 Å². The van der Waals surface area contributed by atoms with Crippen LogP contribution < -0.4 is 5.32 Å². The summed E-state index contributed by atoms with van der Waals surface area (Å²) in [6.07, 6.45) is 3.99. The van der Waals surface area contributed by atoms with E-state index in [9.17, 15) is 0 Å². The highest BCUT2D eigenvalue weighted by atomic mass is 32.2. The van der Waals surface area contributed by atoms with Crippen LogP contribution in [-0.4, -0.2) is 36.5 Å². The molecule has 1 heterocycles. The van der Waals surface area contributed by atoms with Gasteiger partial charge >= 0.3 is 0 Å². The lowest BCUT2D eigenvalue weighted by molar-refractivity contribution is 0.311. The van der Waals surface area contributed by atoms with Gasteiger partial charge in [-0.3, -0.25) is 4.90 Å². The second-order valence-corrected chi connectivity index (χ2v) is 5.67. The number of rotatable bonds is 8. The van der Waals surface area contributed by atoms with Gasteiger partial charge in [-0.05, 0) is 19.4 Å². The third kappa shape index (κ3) is 6.15. The molecule has 0 aliphatic heterocycles. The molecule has 0 radical (unpaired) electrons. The molecule has 17 heavy (non-hydrogen) atoms. The van der Waals surface area contributed by atoms with Crippen molar-refractivity contribution < 1.29 is 4.42 Å². The number of hydrogen-bond acceptors (Lipinski definition) is 4. The summed E-state index contributed by atoms with van der Waals surface area (Å²) in [6, 6.07) is 2.66. The molecule has 0 amide bonds. The second kappa shape index (κ2) is 7.80. The molecule has 1 aromatic heterocycles. The predicted molar refractivity (Wildman–Crippen MR) is 75.4 cm³/mol. The average Bonchev–Trinajstić information content (AvgIpc) is 2.71. The smallest absolute Gasteiger partial charge is 0.118 e. The summed E-state index contributed by atoms with van der Waals surface area (Å²) >= 11 is 1.87. The first-order valence-corrected chi connectivity index (χ1v) is 7.48. The van der Waals surface area contributed by atoms with Gasteiger partial charge in [-0.25, -0.2) is 0 Å². The van der Waals surface area contributed by atoms with Gasteiger partial charge in [-0.1, -0.05) is 13.8 Å². The first-order valence-electron chi connectivity index (χ1n) is 6.09. The Bertz CT molecular complexity index is 312. The SMILES string of the molecule is CSCCN(C)Cc1cc(CNC(C)C)co1. The van der Waals surface area contributed by atoms with Crippen molar-refractivity contribution in [1.29, 1.82) is 0 Å². The molecule has 0 saturated carbocycles. The Hall–Kier alpha value is -0.450. The number of thioether (sulfide) groups is 1. The molecule has 1 rings (SSSR count). The number of nitrogens with zero attached hydrogens (tertiary/aromatic N) is 1. The zero-order chi connectivity index (χ0) is 12.7. The lowest BCUT2D eigenvalue weighted by atomic mass is 10.3. The van der Waals surface area contributed by atoms with Crippen molar-refractivity contribution in [2.45, 2.75) is 33.0 Å². The molecule has 0 unspecified atom stereocenters. The highest BCUT2D eigenvalue weighted by Crippen LogP contribution is 2.10. The lowest BCUT2D eigenvalue weighted by Gasteiger charge is -2.13. The molecule has 98 valence electrons.